The Balaban J connectivity index is 1.42. The zero-order valence-electron chi connectivity index (χ0n) is 19.7. The van der Waals surface area contributed by atoms with Gasteiger partial charge in [-0.05, 0) is 41.0 Å². The summed E-state index contributed by atoms with van der Waals surface area (Å²) < 4.78 is 11.2. The number of benzene rings is 3. The van der Waals surface area contributed by atoms with E-state index >= 15 is 0 Å². The third-order valence-corrected chi connectivity index (χ3v) is 5.37. The van der Waals surface area contributed by atoms with E-state index in [4.69, 9.17) is 9.47 Å². The van der Waals surface area contributed by atoms with Gasteiger partial charge in [-0.1, -0.05) is 78.9 Å². The molecule has 0 radical (unpaired) electrons. The van der Waals surface area contributed by atoms with Crippen molar-refractivity contribution in [2.75, 3.05) is 0 Å². The van der Waals surface area contributed by atoms with Crippen molar-refractivity contribution in [3.05, 3.63) is 132 Å². The third-order valence-electron chi connectivity index (χ3n) is 5.37. The molecule has 182 valence electrons. The molecule has 7 heteroatoms. The Bertz CT molecular complexity index is 1230. The van der Waals surface area contributed by atoms with E-state index in [0.29, 0.717) is 23.6 Å². The lowest BCUT2D eigenvalue weighted by atomic mass is 10.1. The normalized spacial score (nSPS) is 11.2. The summed E-state index contributed by atoms with van der Waals surface area (Å²) in [7, 11) is 0. The molecule has 0 saturated heterocycles. The monoisotopic (exact) mass is 481 g/mol. The fourth-order valence-electron chi connectivity index (χ4n) is 3.46. The molecule has 1 aromatic heterocycles. The Hall–Kier alpha value is -4.65. The molecular weight excluding hydrogens is 454 g/mol. The first-order valence-electron chi connectivity index (χ1n) is 11.6. The van der Waals surface area contributed by atoms with Crippen LogP contribution in [-0.4, -0.2) is 17.0 Å². The quantitative estimate of drug-likeness (QED) is 0.335. The molecule has 4 rings (SSSR count). The van der Waals surface area contributed by atoms with Crippen LogP contribution >= 0.6 is 0 Å². The third kappa shape index (κ3) is 7.43. The summed E-state index contributed by atoms with van der Waals surface area (Å²) >= 11 is 0. The smallest absolute Gasteiger partial charge is 0.408 e. The van der Waals surface area contributed by atoms with Gasteiger partial charge in [-0.15, -0.1) is 0 Å². The highest BCUT2D eigenvalue weighted by Crippen LogP contribution is 2.20. The zero-order valence-corrected chi connectivity index (χ0v) is 19.7. The van der Waals surface area contributed by atoms with Crippen molar-refractivity contribution in [1.29, 1.82) is 0 Å². The largest absolute Gasteiger partial charge is 0.489 e. The average Bonchev–Trinajstić information content (AvgIpc) is 2.94. The minimum Gasteiger partial charge on any atom is -0.489 e. The van der Waals surface area contributed by atoms with Crippen LogP contribution < -0.4 is 15.4 Å². The molecule has 0 unspecified atom stereocenters. The second-order valence-electron chi connectivity index (χ2n) is 8.02. The number of hydrogen-bond donors (Lipinski definition) is 2. The summed E-state index contributed by atoms with van der Waals surface area (Å²) in [5.41, 5.74) is 3.21. The SMILES string of the molecule is O=C(N[C@@H](C(=O)NCc1ccccn1)c1ccc(OCc2ccccc2)cc1)OCc1ccccc1. The molecule has 4 aromatic rings. The summed E-state index contributed by atoms with van der Waals surface area (Å²) in [6.45, 7) is 0.759. The first-order valence-corrected chi connectivity index (χ1v) is 11.6. The van der Waals surface area contributed by atoms with Gasteiger partial charge in [0, 0.05) is 6.20 Å². The van der Waals surface area contributed by atoms with E-state index in [1.807, 2.05) is 72.8 Å². The topological polar surface area (TPSA) is 89.6 Å². The maximum Gasteiger partial charge on any atom is 0.408 e. The summed E-state index contributed by atoms with van der Waals surface area (Å²) in [6, 6.07) is 30.7. The number of nitrogens with one attached hydrogen (secondary N) is 2. The molecule has 0 bridgehead atoms. The van der Waals surface area contributed by atoms with Gasteiger partial charge in [0.2, 0.25) is 5.91 Å². The lowest BCUT2D eigenvalue weighted by molar-refractivity contribution is -0.123. The highest BCUT2D eigenvalue weighted by atomic mass is 16.5. The average molecular weight is 482 g/mol. The Morgan fingerprint density at radius 2 is 1.39 bits per heavy atom. The zero-order chi connectivity index (χ0) is 25.0. The van der Waals surface area contributed by atoms with Crippen LogP contribution in [0.15, 0.2) is 109 Å². The van der Waals surface area contributed by atoms with Crippen LogP contribution in [0.4, 0.5) is 4.79 Å². The number of rotatable bonds is 10. The maximum atomic E-state index is 13.1. The number of hydrogen-bond acceptors (Lipinski definition) is 5. The molecule has 0 spiro atoms. The number of carbonyl (C=O) groups is 2. The number of nitrogens with zero attached hydrogens (tertiary/aromatic N) is 1. The van der Waals surface area contributed by atoms with E-state index in [0.717, 1.165) is 11.1 Å². The second kappa shape index (κ2) is 12.7. The minimum absolute atomic E-state index is 0.0984. The van der Waals surface area contributed by atoms with Crippen molar-refractivity contribution in [3.8, 4) is 5.75 Å². The lowest BCUT2D eigenvalue weighted by Crippen LogP contribution is -2.40. The number of ether oxygens (including phenoxy) is 2. The van der Waals surface area contributed by atoms with Crippen molar-refractivity contribution < 1.29 is 19.1 Å². The van der Waals surface area contributed by atoms with Crippen LogP contribution in [0.25, 0.3) is 0 Å². The lowest BCUT2D eigenvalue weighted by Gasteiger charge is -2.19. The summed E-state index contributed by atoms with van der Waals surface area (Å²) in [6.07, 6.45) is 0.966. The second-order valence-corrected chi connectivity index (χ2v) is 8.02. The van der Waals surface area contributed by atoms with Gasteiger partial charge in [0.1, 0.15) is 25.0 Å². The van der Waals surface area contributed by atoms with E-state index in [1.165, 1.54) is 0 Å². The van der Waals surface area contributed by atoms with Gasteiger partial charge >= 0.3 is 6.09 Å². The summed E-state index contributed by atoms with van der Waals surface area (Å²) in [5, 5.41) is 5.52. The molecule has 0 aliphatic heterocycles. The highest BCUT2D eigenvalue weighted by Gasteiger charge is 2.23. The van der Waals surface area contributed by atoms with Gasteiger partial charge in [-0.3, -0.25) is 9.78 Å². The molecule has 1 heterocycles. The summed E-state index contributed by atoms with van der Waals surface area (Å²) in [4.78, 5) is 29.9. The molecule has 0 aliphatic carbocycles. The number of pyridine rings is 1. The van der Waals surface area contributed by atoms with Gasteiger partial charge in [-0.2, -0.15) is 0 Å². The maximum absolute atomic E-state index is 13.1. The predicted molar refractivity (Wildman–Crippen MR) is 136 cm³/mol. The fraction of sp³-hybridized carbons (Fsp3) is 0.138. The van der Waals surface area contributed by atoms with Gasteiger partial charge in [0.25, 0.3) is 0 Å². The van der Waals surface area contributed by atoms with E-state index in [1.54, 1.807) is 36.5 Å². The van der Waals surface area contributed by atoms with Crippen LogP contribution in [-0.2, 0) is 29.3 Å². The van der Waals surface area contributed by atoms with Crippen molar-refractivity contribution >= 4 is 12.0 Å². The van der Waals surface area contributed by atoms with E-state index < -0.39 is 12.1 Å². The molecule has 2 N–H and O–H groups in total. The predicted octanol–water partition coefficient (Wildman–Crippen LogP) is 4.94. The van der Waals surface area contributed by atoms with Gasteiger partial charge in [-0.25, -0.2) is 4.79 Å². The molecule has 0 saturated carbocycles. The standard InChI is InChI=1S/C29H27N3O4/c33-28(31-19-25-13-7-8-18-30-25)27(32-29(34)36-21-23-11-5-2-6-12-23)24-14-16-26(17-15-24)35-20-22-9-3-1-4-10-22/h1-18,27H,19-21H2,(H,31,33)(H,32,34)/t27-/m1/s1. The van der Waals surface area contributed by atoms with Crippen LogP contribution in [0, 0.1) is 0 Å². The van der Waals surface area contributed by atoms with Crippen molar-refractivity contribution in [1.82, 2.24) is 15.6 Å². The first-order chi connectivity index (χ1) is 17.7. The summed E-state index contributed by atoms with van der Waals surface area (Å²) in [5.74, 6) is 0.275. The van der Waals surface area contributed by atoms with E-state index in [9.17, 15) is 9.59 Å². The van der Waals surface area contributed by atoms with Crippen molar-refractivity contribution in [3.63, 3.8) is 0 Å². The van der Waals surface area contributed by atoms with Gasteiger partial charge in [0.05, 0.1) is 12.2 Å². The van der Waals surface area contributed by atoms with E-state index in [2.05, 4.69) is 15.6 Å². The fourth-order valence-corrected chi connectivity index (χ4v) is 3.46. The molecule has 7 nitrogen and oxygen atoms in total. The van der Waals surface area contributed by atoms with Gasteiger partial charge in [0.15, 0.2) is 0 Å². The number of alkyl carbamates (subject to hydrolysis) is 1. The Morgan fingerprint density at radius 1 is 0.750 bits per heavy atom. The number of aromatic nitrogens is 1. The van der Waals surface area contributed by atoms with Crippen LogP contribution in [0.2, 0.25) is 0 Å². The Labute approximate surface area is 210 Å². The van der Waals surface area contributed by atoms with Crippen LogP contribution in [0.5, 0.6) is 5.75 Å². The molecule has 36 heavy (non-hydrogen) atoms. The number of amides is 2. The van der Waals surface area contributed by atoms with Gasteiger partial charge < -0.3 is 20.1 Å². The minimum atomic E-state index is -0.958. The highest BCUT2D eigenvalue weighted by molar-refractivity contribution is 5.86. The molecule has 0 fully saturated rings. The molecule has 1 atom stereocenters. The molecule has 2 amide bonds. The van der Waals surface area contributed by atoms with Crippen molar-refractivity contribution in [2.24, 2.45) is 0 Å². The Kier molecular flexibility index (Phi) is 8.64. The Morgan fingerprint density at radius 3 is 2.03 bits per heavy atom. The molecular formula is C29H27N3O4. The van der Waals surface area contributed by atoms with Crippen LogP contribution in [0.1, 0.15) is 28.4 Å². The molecule has 0 aliphatic rings. The van der Waals surface area contributed by atoms with Crippen LogP contribution in [0.3, 0.4) is 0 Å². The van der Waals surface area contributed by atoms with Crippen molar-refractivity contribution in [2.45, 2.75) is 25.8 Å². The molecule has 3 aromatic carbocycles. The van der Waals surface area contributed by atoms with E-state index in [-0.39, 0.29) is 19.1 Å². The first kappa shape index (κ1) is 24.5. The number of carbonyl (C=O) groups excluding carboxylic acids is 2.